The highest BCUT2D eigenvalue weighted by Gasteiger charge is 2.57. The van der Waals surface area contributed by atoms with E-state index in [0.29, 0.717) is 23.8 Å². The Labute approximate surface area is 161 Å². The number of hydrogen-bond acceptors (Lipinski definition) is 6. The number of nitrogen functional groups attached to an aromatic ring is 1. The predicted molar refractivity (Wildman–Crippen MR) is 104 cm³/mol. The van der Waals surface area contributed by atoms with E-state index < -0.39 is 5.60 Å². The molecular weight excluding hydrogens is 342 g/mol. The number of anilines is 2. The second kappa shape index (κ2) is 6.84. The van der Waals surface area contributed by atoms with Gasteiger partial charge in [-0.15, -0.1) is 0 Å². The van der Waals surface area contributed by atoms with Crippen LogP contribution in [0.1, 0.15) is 52.1 Å². The predicted octanol–water partition coefficient (Wildman–Crippen LogP) is 3.07. The normalized spacial score (nSPS) is 27.5. The fourth-order valence-electron chi connectivity index (χ4n) is 4.59. The van der Waals surface area contributed by atoms with Crippen molar-refractivity contribution in [1.82, 2.24) is 14.9 Å². The van der Waals surface area contributed by atoms with E-state index in [1.165, 1.54) is 25.7 Å². The average Bonchev–Trinajstić information content (AvgIpc) is 2.98. The Morgan fingerprint density at radius 2 is 1.93 bits per heavy atom. The summed E-state index contributed by atoms with van der Waals surface area (Å²) in [5.74, 6) is 2.82. The SMILES string of the molecule is CC(C)(C)OC(=O)N1C[C@@H]2C(Nc3cc(CC4CCCC4)nc(N)n3)[C@@H]2C1. The number of amides is 1. The van der Waals surface area contributed by atoms with Crippen LogP contribution in [0.15, 0.2) is 6.07 Å². The van der Waals surface area contributed by atoms with Crippen molar-refractivity contribution in [3.8, 4) is 0 Å². The minimum Gasteiger partial charge on any atom is -0.444 e. The first-order valence-corrected chi connectivity index (χ1v) is 10.2. The van der Waals surface area contributed by atoms with Gasteiger partial charge in [-0.1, -0.05) is 25.7 Å². The number of piperidine rings is 1. The number of hydrogen-bond donors (Lipinski definition) is 2. The standard InChI is InChI=1S/C20H31N5O2/c1-20(2,3)27-19(26)25-10-14-15(11-25)17(14)23-16-9-13(22-18(21)24-16)8-12-6-4-5-7-12/h9,12,14-15,17H,4-8,10-11H2,1-3H3,(H3,21,22,23,24)/t14-,15+,17?. The molecular formula is C20H31N5O2. The summed E-state index contributed by atoms with van der Waals surface area (Å²) in [6.45, 7) is 7.18. The van der Waals surface area contributed by atoms with E-state index in [1.807, 2.05) is 31.7 Å². The van der Waals surface area contributed by atoms with Crippen LogP contribution in [0.25, 0.3) is 0 Å². The third-order valence-corrected chi connectivity index (χ3v) is 5.93. The maximum atomic E-state index is 12.2. The Kier molecular flexibility index (Phi) is 4.64. The molecule has 3 atom stereocenters. The van der Waals surface area contributed by atoms with Crippen LogP contribution in [0, 0.1) is 17.8 Å². The molecule has 7 nitrogen and oxygen atoms in total. The van der Waals surface area contributed by atoms with Gasteiger partial charge >= 0.3 is 6.09 Å². The van der Waals surface area contributed by atoms with Gasteiger partial charge in [-0.2, -0.15) is 4.98 Å². The van der Waals surface area contributed by atoms with Crippen molar-refractivity contribution in [2.45, 2.75) is 64.5 Å². The van der Waals surface area contributed by atoms with E-state index in [4.69, 9.17) is 10.5 Å². The molecule has 2 heterocycles. The number of carbonyl (C=O) groups excluding carboxylic acids is 1. The van der Waals surface area contributed by atoms with Crippen molar-refractivity contribution < 1.29 is 9.53 Å². The van der Waals surface area contributed by atoms with Crippen LogP contribution in [0.2, 0.25) is 0 Å². The Bertz CT molecular complexity index is 699. The van der Waals surface area contributed by atoms with E-state index in [0.717, 1.165) is 36.9 Å². The second-order valence-corrected chi connectivity index (χ2v) is 9.34. The van der Waals surface area contributed by atoms with Gasteiger partial charge in [0.15, 0.2) is 0 Å². The molecule has 4 rings (SSSR count). The van der Waals surface area contributed by atoms with E-state index in [2.05, 4.69) is 15.3 Å². The molecule has 3 fully saturated rings. The molecule has 0 aromatic carbocycles. The number of rotatable bonds is 4. The quantitative estimate of drug-likeness (QED) is 0.842. The molecule has 2 saturated carbocycles. The molecule has 1 aromatic rings. The summed E-state index contributed by atoms with van der Waals surface area (Å²) in [7, 11) is 0. The van der Waals surface area contributed by atoms with Gasteiger partial charge < -0.3 is 20.7 Å². The highest BCUT2D eigenvalue weighted by molar-refractivity contribution is 5.69. The summed E-state index contributed by atoms with van der Waals surface area (Å²) < 4.78 is 5.47. The molecule has 0 bridgehead atoms. The highest BCUT2D eigenvalue weighted by atomic mass is 16.6. The van der Waals surface area contributed by atoms with Crippen molar-refractivity contribution in [2.75, 3.05) is 24.1 Å². The lowest BCUT2D eigenvalue weighted by molar-refractivity contribution is 0.0272. The zero-order chi connectivity index (χ0) is 19.2. The van der Waals surface area contributed by atoms with Gasteiger partial charge in [0.05, 0.1) is 0 Å². The number of nitrogens with zero attached hydrogens (tertiary/aromatic N) is 3. The lowest BCUT2D eigenvalue weighted by Gasteiger charge is -2.26. The number of aromatic nitrogens is 2. The van der Waals surface area contributed by atoms with Gasteiger partial charge in [-0.3, -0.25) is 0 Å². The average molecular weight is 374 g/mol. The van der Waals surface area contributed by atoms with Gasteiger partial charge in [0.25, 0.3) is 0 Å². The monoisotopic (exact) mass is 373 g/mol. The molecule has 3 aliphatic rings. The topological polar surface area (TPSA) is 93.4 Å². The lowest BCUT2D eigenvalue weighted by atomic mass is 10.0. The lowest BCUT2D eigenvalue weighted by Crippen LogP contribution is -2.38. The summed E-state index contributed by atoms with van der Waals surface area (Å²) in [5, 5.41) is 3.52. The highest BCUT2D eigenvalue weighted by Crippen LogP contribution is 2.47. The van der Waals surface area contributed by atoms with E-state index in [-0.39, 0.29) is 6.09 Å². The smallest absolute Gasteiger partial charge is 0.410 e. The second-order valence-electron chi connectivity index (χ2n) is 9.34. The number of fused-ring (bicyclic) bond motifs is 1. The summed E-state index contributed by atoms with van der Waals surface area (Å²) >= 11 is 0. The van der Waals surface area contributed by atoms with Gasteiger partial charge in [0.2, 0.25) is 5.95 Å². The van der Waals surface area contributed by atoms with Crippen LogP contribution in [-0.2, 0) is 11.2 Å². The Balaban J connectivity index is 1.31. The fraction of sp³-hybridized carbons (Fsp3) is 0.750. The van der Waals surface area contributed by atoms with E-state index >= 15 is 0 Å². The summed E-state index contributed by atoms with van der Waals surface area (Å²) in [6.07, 6.45) is 6.02. The molecule has 1 aromatic heterocycles. The first-order valence-electron chi connectivity index (χ1n) is 10.2. The zero-order valence-corrected chi connectivity index (χ0v) is 16.6. The number of carbonyl (C=O) groups is 1. The molecule has 1 aliphatic heterocycles. The zero-order valence-electron chi connectivity index (χ0n) is 16.6. The molecule has 2 aliphatic carbocycles. The Hall–Kier alpha value is -2.05. The number of ether oxygens (including phenoxy) is 1. The largest absolute Gasteiger partial charge is 0.444 e. The Morgan fingerprint density at radius 3 is 2.56 bits per heavy atom. The summed E-state index contributed by atoms with van der Waals surface area (Å²) in [4.78, 5) is 22.8. The number of nitrogens with one attached hydrogen (secondary N) is 1. The molecule has 7 heteroatoms. The third kappa shape index (κ3) is 4.28. The molecule has 1 saturated heterocycles. The molecule has 3 N–H and O–H groups in total. The van der Waals surface area contributed by atoms with Gasteiger partial charge in [0, 0.05) is 42.7 Å². The maximum Gasteiger partial charge on any atom is 0.410 e. The van der Waals surface area contributed by atoms with Gasteiger partial charge in [0.1, 0.15) is 11.4 Å². The van der Waals surface area contributed by atoms with Gasteiger partial charge in [-0.25, -0.2) is 9.78 Å². The van der Waals surface area contributed by atoms with Crippen molar-refractivity contribution in [3.63, 3.8) is 0 Å². The van der Waals surface area contributed by atoms with Crippen LogP contribution >= 0.6 is 0 Å². The minimum atomic E-state index is -0.449. The van der Waals surface area contributed by atoms with E-state index in [9.17, 15) is 4.79 Å². The molecule has 0 spiro atoms. The third-order valence-electron chi connectivity index (χ3n) is 5.93. The number of nitrogens with two attached hydrogens (primary N) is 1. The van der Waals surface area contributed by atoms with Crippen molar-refractivity contribution in [2.24, 2.45) is 17.8 Å². The van der Waals surface area contributed by atoms with Crippen LogP contribution in [0.3, 0.4) is 0 Å². The summed E-state index contributed by atoms with van der Waals surface area (Å²) in [5.41, 5.74) is 6.53. The molecule has 148 valence electrons. The van der Waals surface area contributed by atoms with Crippen molar-refractivity contribution in [3.05, 3.63) is 11.8 Å². The first kappa shape index (κ1) is 18.3. The van der Waals surface area contributed by atoms with Crippen LogP contribution in [0.4, 0.5) is 16.6 Å². The van der Waals surface area contributed by atoms with Crippen LogP contribution in [0.5, 0.6) is 0 Å². The number of likely N-dealkylation sites (tertiary alicyclic amines) is 1. The Morgan fingerprint density at radius 1 is 1.26 bits per heavy atom. The fourth-order valence-corrected chi connectivity index (χ4v) is 4.59. The molecule has 0 radical (unpaired) electrons. The van der Waals surface area contributed by atoms with Crippen molar-refractivity contribution in [1.29, 1.82) is 0 Å². The maximum absolute atomic E-state index is 12.2. The van der Waals surface area contributed by atoms with Crippen LogP contribution in [-0.4, -0.2) is 45.7 Å². The van der Waals surface area contributed by atoms with Crippen molar-refractivity contribution >= 4 is 17.9 Å². The van der Waals surface area contributed by atoms with Gasteiger partial charge in [-0.05, 0) is 33.1 Å². The molecule has 27 heavy (non-hydrogen) atoms. The molecule has 1 amide bonds. The van der Waals surface area contributed by atoms with Crippen LogP contribution < -0.4 is 11.1 Å². The molecule has 1 unspecified atom stereocenters. The van der Waals surface area contributed by atoms with E-state index in [1.54, 1.807) is 0 Å². The summed E-state index contributed by atoms with van der Waals surface area (Å²) in [6, 6.07) is 2.41. The minimum absolute atomic E-state index is 0.210. The first-order chi connectivity index (χ1) is 12.8.